The monoisotopic (exact) mass is 447 g/mol. The van der Waals surface area contributed by atoms with Crippen LogP contribution in [0.4, 0.5) is 24.7 Å². The van der Waals surface area contributed by atoms with Crippen LogP contribution in [-0.2, 0) is 19.8 Å². The summed E-state index contributed by atoms with van der Waals surface area (Å²) < 4.78 is 44.5. The number of anilines is 1. The fourth-order valence-electron chi connectivity index (χ4n) is 3.94. The molecule has 4 heterocycles. The molecule has 1 saturated heterocycles. The van der Waals surface area contributed by atoms with Crippen molar-refractivity contribution in [3.05, 3.63) is 51.8 Å². The van der Waals surface area contributed by atoms with E-state index in [2.05, 4.69) is 20.0 Å². The molecule has 2 atom stereocenters. The standard InChI is InChI=1S/C20H20F3N7O2/c1-11-9-30(12(2)8-29(11)10-16-26-27-19(32-16)20(21,22)23)14-7-17(31)28(4)13-5-6-15(24-3)25-18(13)14/h5-7,11-12H,8-10H2,1-2,4H3/t11-,12+/m1/s1. The summed E-state index contributed by atoms with van der Waals surface area (Å²) in [5.74, 6) is -1.24. The largest absolute Gasteiger partial charge is 0.470 e. The van der Waals surface area contributed by atoms with Gasteiger partial charge in [-0.25, -0.2) is 0 Å². The average molecular weight is 447 g/mol. The van der Waals surface area contributed by atoms with Crippen LogP contribution in [0.2, 0.25) is 0 Å². The zero-order chi connectivity index (χ0) is 23.2. The zero-order valence-electron chi connectivity index (χ0n) is 17.6. The van der Waals surface area contributed by atoms with Crippen LogP contribution < -0.4 is 10.5 Å². The third-order valence-corrected chi connectivity index (χ3v) is 5.64. The van der Waals surface area contributed by atoms with Crippen LogP contribution in [0.1, 0.15) is 25.6 Å². The molecule has 12 heteroatoms. The number of hydrogen-bond acceptors (Lipinski definition) is 7. The fourth-order valence-corrected chi connectivity index (χ4v) is 3.94. The molecule has 32 heavy (non-hydrogen) atoms. The number of fused-ring (bicyclic) bond motifs is 1. The zero-order valence-corrected chi connectivity index (χ0v) is 17.6. The molecule has 0 radical (unpaired) electrons. The van der Waals surface area contributed by atoms with Crippen molar-refractivity contribution in [1.82, 2.24) is 24.6 Å². The lowest BCUT2D eigenvalue weighted by Crippen LogP contribution is -2.56. The Kier molecular flexibility index (Phi) is 5.37. The van der Waals surface area contributed by atoms with E-state index in [1.165, 1.54) is 10.6 Å². The molecule has 0 spiro atoms. The molecule has 0 aromatic carbocycles. The molecule has 1 fully saturated rings. The highest BCUT2D eigenvalue weighted by atomic mass is 19.4. The van der Waals surface area contributed by atoms with E-state index in [-0.39, 0.29) is 35.9 Å². The first-order valence-electron chi connectivity index (χ1n) is 9.87. The number of alkyl halides is 3. The lowest BCUT2D eigenvalue weighted by molar-refractivity contribution is -0.157. The van der Waals surface area contributed by atoms with Gasteiger partial charge in [-0.3, -0.25) is 9.69 Å². The summed E-state index contributed by atoms with van der Waals surface area (Å²) in [5, 5.41) is 6.60. The van der Waals surface area contributed by atoms with E-state index in [0.29, 0.717) is 29.8 Å². The van der Waals surface area contributed by atoms with Crippen molar-refractivity contribution in [1.29, 1.82) is 0 Å². The number of piperazine rings is 1. The smallest absolute Gasteiger partial charge is 0.416 e. The van der Waals surface area contributed by atoms with Crippen molar-refractivity contribution in [3.8, 4) is 0 Å². The number of aromatic nitrogens is 4. The van der Waals surface area contributed by atoms with Crippen LogP contribution in [0, 0.1) is 6.57 Å². The van der Waals surface area contributed by atoms with Gasteiger partial charge in [0.2, 0.25) is 11.4 Å². The summed E-state index contributed by atoms with van der Waals surface area (Å²) >= 11 is 0. The molecule has 1 aliphatic heterocycles. The predicted molar refractivity (Wildman–Crippen MR) is 109 cm³/mol. The van der Waals surface area contributed by atoms with Gasteiger partial charge < -0.3 is 18.7 Å². The Morgan fingerprint density at radius 2 is 1.97 bits per heavy atom. The number of hydrogen-bond donors (Lipinski definition) is 0. The third-order valence-electron chi connectivity index (χ3n) is 5.64. The van der Waals surface area contributed by atoms with E-state index in [1.54, 1.807) is 19.2 Å². The molecular formula is C20H20F3N7O2. The molecule has 4 rings (SSSR count). The molecule has 0 unspecified atom stereocenters. The van der Waals surface area contributed by atoms with Gasteiger partial charge in [0, 0.05) is 38.3 Å². The normalized spacial score (nSPS) is 20.0. The Morgan fingerprint density at radius 1 is 1.22 bits per heavy atom. The van der Waals surface area contributed by atoms with Crippen LogP contribution in [-0.4, -0.2) is 49.8 Å². The SMILES string of the molecule is [C-]#[N+]c1ccc2c(n1)c(N1C[C@@H](C)N(Cc3nnc(C(F)(F)F)o3)C[C@@H]1C)cc(=O)n2C. The maximum atomic E-state index is 12.7. The van der Waals surface area contributed by atoms with Crippen molar-refractivity contribution < 1.29 is 17.6 Å². The summed E-state index contributed by atoms with van der Waals surface area (Å²) in [5.41, 5.74) is 1.61. The quantitative estimate of drug-likeness (QED) is 0.571. The van der Waals surface area contributed by atoms with Gasteiger partial charge in [-0.05, 0) is 26.0 Å². The predicted octanol–water partition coefficient (Wildman–Crippen LogP) is 2.99. The summed E-state index contributed by atoms with van der Waals surface area (Å²) in [6.45, 7) is 12.2. The van der Waals surface area contributed by atoms with Gasteiger partial charge in [0.25, 0.3) is 11.4 Å². The summed E-state index contributed by atoms with van der Waals surface area (Å²) in [7, 11) is 1.65. The molecule has 3 aromatic rings. The average Bonchev–Trinajstić information content (AvgIpc) is 3.22. The van der Waals surface area contributed by atoms with Crippen LogP contribution in [0.15, 0.2) is 27.4 Å². The van der Waals surface area contributed by atoms with Crippen molar-refractivity contribution >= 4 is 22.5 Å². The molecule has 168 valence electrons. The molecule has 1 aliphatic rings. The lowest BCUT2D eigenvalue weighted by Gasteiger charge is -2.44. The van der Waals surface area contributed by atoms with Gasteiger partial charge in [-0.15, -0.1) is 15.2 Å². The number of pyridine rings is 2. The van der Waals surface area contributed by atoms with E-state index >= 15 is 0 Å². The van der Waals surface area contributed by atoms with Crippen LogP contribution >= 0.6 is 0 Å². The minimum absolute atomic E-state index is 0.0832. The first kappa shape index (κ1) is 21.8. The molecule has 0 N–H and O–H groups in total. The molecule has 0 saturated carbocycles. The highest BCUT2D eigenvalue weighted by molar-refractivity contribution is 5.89. The van der Waals surface area contributed by atoms with Crippen molar-refractivity contribution in [2.75, 3.05) is 18.0 Å². The van der Waals surface area contributed by atoms with E-state index in [9.17, 15) is 18.0 Å². The van der Waals surface area contributed by atoms with Gasteiger partial charge in [0.15, 0.2) is 0 Å². The van der Waals surface area contributed by atoms with Crippen LogP contribution in [0.5, 0.6) is 0 Å². The maximum Gasteiger partial charge on any atom is 0.470 e. The molecule has 0 aliphatic carbocycles. The molecule has 9 nitrogen and oxygen atoms in total. The van der Waals surface area contributed by atoms with E-state index in [1.807, 2.05) is 23.6 Å². The number of halogens is 3. The van der Waals surface area contributed by atoms with Crippen molar-refractivity contribution in [2.24, 2.45) is 7.05 Å². The Morgan fingerprint density at radius 3 is 2.62 bits per heavy atom. The highest BCUT2D eigenvalue weighted by Crippen LogP contribution is 2.31. The van der Waals surface area contributed by atoms with Gasteiger partial charge >= 0.3 is 12.1 Å². The van der Waals surface area contributed by atoms with Crippen LogP contribution in [0.3, 0.4) is 0 Å². The topological polar surface area (TPSA) is 84.7 Å². The van der Waals surface area contributed by atoms with Crippen molar-refractivity contribution in [3.63, 3.8) is 0 Å². The van der Waals surface area contributed by atoms with Gasteiger partial charge in [0.05, 0.1) is 17.7 Å². The highest BCUT2D eigenvalue weighted by Gasteiger charge is 2.39. The Hall–Kier alpha value is -3.46. The first-order chi connectivity index (χ1) is 15.1. The number of nitrogens with zero attached hydrogens (tertiary/aromatic N) is 7. The Labute approximate surface area is 180 Å². The second-order valence-electron chi connectivity index (χ2n) is 7.85. The molecular weight excluding hydrogens is 427 g/mol. The van der Waals surface area contributed by atoms with Crippen molar-refractivity contribution in [2.45, 2.75) is 38.7 Å². The van der Waals surface area contributed by atoms with Gasteiger partial charge in [0.1, 0.15) is 0 Å². The number of rotatable bonds is 3. The van der Waals surface area contributed by atoms with E-state index < -0.39 is 12.1 Å². The summed E-state index contributed by atoms with van der Waals surface area (Å²) in [6, 6.07) is 4.61. The second kappa shape index (κ2) is 7.90. The minimum Gasteiger partial charge on any atom is -0.416 e. The van der Waals surface area contributed by atoms with Gasteiger partial charge in [-0.2, -0.15) is 13.2 Å². The Balaban J connectivity index is 1.62. The second-order valence-corrected chi connectivity index (χ2v) is 7.85. The Bertz CT molecular complexity index is 1260. The van der Waals surface area contributed by atoms with Crippen LogP contribution in [0.25, 0.3) is 15.9 Å². The molecule has 0 amide bonds. The molecule has 0 bridgehead atoms. The summed E-state index contributed by atoms with van der Waals surface area (Å²) in [4.78, 5) is 24.4. The lowest BCUT2D eigenvalue weighted by atomic mass is 10.1. The van der Waals surface area contributed by atoms with E-state index in [0.717, 1.165) is 0 Å². The van der Waals surface area contributed by atoms with Gasteiger partial charge in [-0.1, -0.05) is 6.57 Å². The van der Waals surface area contributed by atoms with E-state index in [4.69, 9.17) is 11.0 Å². The fraction of sp³-hybridized carbons (Fsp3) is 0.450. The first-order valence-corrected chi connectivity index (χ1v) is 9.87. The number of aryl methyl sites for hydroxylation is 1. The maximum absolute atomic E-state index is 12.7. The minimum atomic E-state index is -4.68. The summed E-state index contributed by atoms with van der Waals surface area (Å²) in [6.07, 6.45) is -4.68. The molecule has 3 aromatic heterocycles. The third kappa shape index (κ3) is 3.91.